The van der Waals surface area contributed by atoms with Crippen molar-refractivity contribution in [3.63, 3.8) is 0 Å². The van der Waals surface area contributed by atoms with Crippen molar-refractivity contribution >= 4 is 11.6 Å². The Morgan fingerprint density at radius 2 is 1.88 bits per heavy atom. The van der Waals surface area contributed by atoms with Gasteiger partial charge >= 0.3 is 6.18 Å². The maximum absolute atomic E-state index is 11.9. The van der Waals surface area contributed by atoms with Crippen LogP contribution in [0.25, 0.3) is 0 Å². The maximum atomic E-state index is 11.9. The number of nitrogens with one attached hydrogen (secondary N) is 1. The molecule has 0 aliphatic carbocycles. The lowest BCUT2D eigenvalue weighted by atomic mass is 10.1. The topological polar surface area (TPSA) is 52.9 Å². The van der Waals surface area contributed by atoms with Gasteiger partial charge in [0.2, 0.25) is 5.91 Å². The van der Waals surface area contributed by atoms with Gasteiger partial charge in [0.05, 0.1) is 12.5 Å². The zero-order valence-corrected chi connectivity index (χ0v) is 8.71. The normalized spacial score (nSPS) is 10.7. The predicted octanol–water partition coefficient (Wildman–Crippen LogP) is 2.64. The van der Waals surface area contributed by atoms with Crippen molar-refractivity contribution in [3.05, 3.63) is 29.8 Å². The van der Waals surface area contributed by atoms with Gasteiger partial charge in [-0.1, -0.05) is 12.1 Å². The molecule has 0 saturated heterocycles. The second-order valence-corrected chi connectivity index (χ2v) is 3.37. The number of hydrogen-bond donors (Lipinski definition) is 1. The summed E-state index contributed by atoms with van der Waals surface area (Å²) in [5.41, 5.74) is 1.02. The summed E-state index contributed by atoms with van der Waals surface area (Å²) >= 11 is 0. The third kappa shape index (κ3) is 5.02. The Balaban J connectivity index is 2.58. The van der Waals surface area contributed by atoms with E-state index in [4.69, 9.17) is 5.26 Å². The Labute approximate surface area is 95.9 Å². The first-order chi connectivity index (χ1) is 7.90. The largest absolute Gasteiger partial charge is 0.397 e. The van der Waals surface area contributed by atoms with E-state index >= 15 is 0 Å². The zero-order valence-electron chi connectivity index (χ0n) is 8.71. The first-order valence-corrected chi connectivity index (χ1v) is 4.73. The Morgan fingerprint density at radius 1 is 1.29 bits per heavy atom. The molecule has 1 aromatic rings. The van der Waals surface area contributed by atoms with Gasteiger partial charge in [0, 0.05) is 5.69 Å². The van der Waals surface area contributed by atoms with Gasteiger partial charge < -0.3 is 5.32 Å². The highest BCUT2D eigenvalue weighted by atomic mass is 19.4. The molecule has 0 aliphatic heterocycles. The molecule has 1 N–H and O–H groups in total. The van der Waals surface area contributed by atoms with Crippen LogP contribution < -0.4 is 5.32 Å². The Morgan fingerprint density at radius 3 is 2.35 bits per heavy atom. The summed E-state index contributed by atoms with van der Waals surface area (Å²) in [5.74, 6) is -1.11. The number of alkyl halides is 3. The number of carbonyl (C=O) groups excluding carboxylic acids is 1. The summed E-state index contributed by atoms with van der Waals surface area (Å²) in [6.07, 6.45) is -5.80. The van der Waals surface area contributed by atoms with Crippen molar-refractivity contribution in [2.75, 3.05) is 5.32 Å². The molecule has 6 heteroatoms. The molecule has 1 amide bonds. The van der Waals surface area contributed by atoms with Crippen LogP contribution in [0.3, 0.4) is 0 Å². The van der Waals surface area contributed by atoms with E-state index in [1.807, 2.05) is 6.07 Å². The van der Waals surface area contributed by atoms with Crippen LogP contribution in [-0.2, 0) is 11.2 Å². The van der Waals surface area contributed by atoms with Crippen LogP contribution >= 0.6 is 0 Å². The Kier molecular flexibility index (Phi) is 4.10. The van der Waals surface area contributed by atoms with E-state index in [0.717, 1.165) is 5.56 Å². The smallest absolute Gasteiger partial charge is 0.326 e. The first-order valence-electron chi connectivity index (χ1n) is 4.73. The monoisotopic (exact) mass is 242 g/mol. The van der Waals surface area contributed by atoms with E-state index in [1.165, 1.54) is 12.1 Å². The minimum absolute atomic E-state index is 0.219. The van der Waals surface area contributed by atoms with Gasteiger partial charge in [-0.2, -0.15) is 18.4 Å². The molecule has 0 atom stereocenters. The average Bonchev–Trinajstić information content (AvgIpc) is 2.18. The minimum atomic E-state index is -4.51. The van der Waals surface area contributed by atoms with Crippen LogP contribution in [0.4, 0.5) is 18.9 Å². The van der Waals surface area contributed by atoms with Crippen LogP contribution in [0.1, 0.15) is 12.0 Å². The molecule has 0 aromatic heterocycles. The average molecular weight is 242 g/mol. The molecule has 0 heterocycles. The molecule has 0 unspecified atom stereocenters. The highest BCUT2D eigenvalue weighted by molar-refractivity contribution is 5.91. The van der Waals surface area contributed by atoms with Crippen LogP contribution in [0.5, 0.6) is 0 Å². The molecule has 1 aromatic carbocycles. The van der Waals surface area contributed by atoms with Crippen molar-refractivity contribution in [1.82, 2.24) is 0 Å². The van der Waals surface area contributed by atoms with Crippen LogP contribution in [0.15, 0.2) is 24.3 Å². The fraction of sp³-hybridized carbons (Fsp3) is 0.273. The van der Waals surface area contributed by atoms with Crippen molar-refractivity contribution in [3.8, 4) is 6.07 Å². The standard InChI is InChI=1S/C11H9F3N2O/c12-11(13,14)7-10(17)16-9-3-1-8(2-4-9)5-6-15/h1-4H,5,7H2,(H,16,17). The number of rotatable bonds is 3. The molecule has 0 radical (unpaired) electrons. The van der Waals surface area contributed by atoms with Gasteiger partial charge in [-0.25, -0.2) is 0 Å². The van der Waals surface area contributed by atoms with Crippen molar-refractivity contribution in [2.24, 2.45) is 0 Å². The SMILES string of the molecule is N#CCc1ccc(NC(=O)CC(F)(F)F)cc1. The summed E-state index contributed by atoms with van der Waals surface area (Å²) in [5, 5.41) is 10.5. The number of anilines is 1. The van der Waals surface area contributed by atoms with Crippen molar-refractivity contribution in [2.45, 2.75) is 19.0 Å². The van der Waals surface area contributed by atoms with Crippen LogP contribution in [0.2, 0.25) is 0 Å². The molecule has 0 bridgehead atoms. The van der Waals surface area contributed by atoms with Crippen LogP contribution in [-0.4, -0.2) is 12.1 Å². The fourth-order valence-electron chi connectivity index (χ4n) is 1.18. The van der Waals surface area contributed by atoms with E-state index in [2.05, 4.69) is 5.32 Å². The third-order valence-electron chi connectivity index (χ3n) is 1.88. The second-order valence-electron chi connectivity index (χ2n) is 3.37. The first kappa shape index (κ1) is 13.0. The molecule has 17 heavy (non-hydrogen) atoms. The summed E-state index contributed by atoms with van der Waals surface area (Å²) in [7, 11) is 0. The Hall–Kier alpha value is -2.03. The van der Waals surface area contributed by atoms with E-state index in [0.29, 0.717) is 0 Å². The molecule has 0 fully saturated rings. The maximum Gasteiger partial charge on any atom is 0.397 e. The highest BCUT2D eigenvalue weighted by Crippen LogP contribution is 2.20. The van der Waals surface area contributed by atoms with Gasteiger partial charge in [0.1, 0.15) is 6.42 Å². The number of amides is 1. The number of carbonyl (C=O) groups is 1. The van der Waals surface area contributed by atoms with Gasteiger partial charge in [-0.15, -0.1) is 0 Å². The van der Waals surface area contributed by atoms with E-state index in [9.17, 15) is 18.0 Å². The number of halogens is 3. The van der Waals surface area contributed by atoms with Gasteiger partial charge in [0.15, 0.2) is 0 Å². The number of hydrogen-bond acceptors (Lipinski definition) is 2. The lowest BCUT2D eigenvalue weighted by Crippen LogP contribution is -2.21. The van der Waals surface area contributed by atoms with E-state index < -0.39 is 18.5 Å². The zero-order chi connectivity index (χ0) is 12.9. The number of benzene rings is 1. The highest BCUT2D eigenvalue weighted by Gasteiger charge is 2.31. The lowest BCUT2D eigenvalue weighted by Gasteiger charge is -2.07. The molecule has 0 aliphatic rings. The minimum Gasteiger partial charge on any atom is -0.326 e. The number of nitriles is 1. The number of nitrogens with zero attached hydrogens (tertiary/aromatic N) is 1. The van der Waals surface area contributed by atoms with E-state index in [-0.39, 0.29) is 12.1 Å². The predicted molar refractivity (Wildman–Crippen MR) is 55.1 cm³/mol. The van der Waals surface area contributed by atoms with E-state index in [1.54, 1.807) is 12.1 Å². The van der Waals surface area contributed by atoms with Gasteiger partial charge in [-0.3, -0.25) is 4.79 Å². The fourth-order valence-corrected chi connectivity index (χ4v) is 1.18. The molecule has 0 saturated carbocycles. The van der Waals surface area contributed by atoms with Gasteiger partial charge in [0.25, 0.3) is 0 Å². The lowest BCUT2D eigenvalue weighted by molar-refractivity contribution is -0.150. The van der Waals surface area contributed by atoms with Crippen molar-refractivity contribution < 1.29 is 18.0 Å². The molecule has 3 nitrogen and oxygen atoms in total. The molecule has 1 rings (SSSR count). The summed E-state index contributed by atoms with van der Waals surface area (Å²) < 4.78 is 35.6. The molecular formula is C11H9F3N2O. The molecule has 90 valence electrons. The van der Waals surface area contributed by atoms with Crippen LogP contribution in [0, 0.1) is 11.3 Å². The van der Waals surface area contributed by atoms with Crippen molar-refractivity contribution in [1.29, 1.82) is 5.26 Å². The third-order valence-corrected chi connectivity index (χ3v) is 1.88. The van der Waals surface area contributed by atoms with Gasteiger partial charge in [-0.05, 0) is 17.7 Å². The second kappa shape index (κ2) is 5.34. The quantitative estimate of drug-likeness (QED) is 0.885. The summed E-state index contributed by atoms with van der Waals surface area (Å²) in [6.45, 7) is 0. The summed E-state index contributed by atoms with van der Waals surface area (Å²) in [6, 6.07) is 8.01. The Bertz CT molecular complexity index is 432. The molecule has 0 spiro atoms. The summed E-state index contributed by atoms with van der Waals surface area (Å²) in [4.78, 5) is 11.0. The molecular weight excluding hydrogens is 233 g/mol.